The van der Waals surface area contributed by atoms with E-state index < -0.39 is 0 Å². The number of hydrogen-bond acceptors (Lipinski definition) is 12. The van der Waals surface area contributed by atoms with Crippen molar-refractivity contribution in [3.05, 3.63) is 336 Å². The van der Waals surface area contributed by atoms with Crippen molar-refractivity contribution in [1.82, 2.24) is 65.5 Å². The highest BCUT2D eigenvalue weighted by Gasteiger charge is 2.24. The number of aromatic nitrogens is 11. The fourth-order valence-electron chi connectivity index (χ4n) is 15.5. The first-order valence-electron chi connectivity index (χ1n) is 38.1. The summed E-state index contributed by atoms with van der Waals surface area (Å²) in [7, 11) is 0. The Morgan fingerprint density at radius 2 is 0.435 bits per heavy atom. The first-order valence-corrected chi connectivity index (χ1v) is 38.1. The number of rotatable bonds is 18. The van der Waals surface area contributed by atoms with Crippen LogP contribution in [0.1, 0.15) is 66.3 Å². The Hall–Kier alpha value is -15.7. The van der Waals surface area contributed by atoms with Crippen LogP contribution in [0.3, 0.4) is 0 Å². The number of nitrogens with one attached hydrogen (secondary N) is 8. The summed E-state index contributed by atoms with van der Waals surface area (Å²) in [5.41, 5.74) is 35.9. The van der Waals surface area contributed by atoms with Gasteiger partial charge in [0.25, 0.3) is 11.8 Å². The minimum Gasteiger partial charge on any atom is -0.368 e. The number of nitrogens with zero attached hydrogens (tertiary/aromatic N) is 7. The van der Waals surface area contributed by atoms with E-state index in [1.807, 2.05) is 133 Å². The van der Waals surface area contributed by atoms with E-state index in [0.29, 0.717) is 11.1 Å². The number of carbonyl (C=O) groups is 2. The van der Waals surface area contributed by atoms with Crippen molar-refractivity contribution in [2.24, 2.45) is 0 Å². The molecule has 552 valence electrons. The molecule has 0 fully saturated rings. The molecular formula is C97H72N16O2. The Labute approximate surface area is 660 Å². The number of aromatic amines is 4. The molecule has 18 heteroatoms. The number of H-pyrrole nitrogens is 4. The smallest absolute Gasteiger partial charge is 0.251 e. The Kier molecular flexibility index (Phi) is 18.6. The van der Waals surface area contributed by atoms with E-state index in [4.69, 9.17) is 25.7 Å². The van der Waals surface area contributed by atoms with E-state index in [-0.39, 0.29) is 55.8 Å². The molecule has 0 aliphatic carbocycles. The predicted molar refractivity (Wildman–Crippen MR) is 467 cm³/mol. The summed E-state index contributed by atoms with van der Waals surface area (Å²) in [5, 5.41) is 12.4. The fraction of sp³-hybridized carbons (Fsp3) is 0.0412. The van der Waals surface area contributed by atoms with Crippen LogP contribution >= 0.6 is 0 Å². The zero-order valence-corrected chi connectivity index (χ0v) is 62.0. The summed E-state index contributed by atoms with van der Waals surface area (Å²) in [5.74, 6) is -0.116. The molecule has 0 saturated carbocycles. The molecule has 0 unspecified atom stereocenters. The molecule has 0 saturated heterocycles. The standard InChI is InChI=1S/C97H72N16O2/c98-95-111-96(101-57-55-99-93(114)67-35-31-65(32-36-67)91-81-51-47-77(107-81)87(61-23-11-3-12-24-61)73-43-39-69(103-73)85(59-19-7-1-8-20-59)70-40-44-74(104-70)88(62-25-13-4-14-26-62)78-48-52-82(91)108-78)113-97(112-95)102-58-56-100-94(115)68-37-33-66(34-38-68)92-83-53-49-79(109-83)89(63-27-15-5-16-28-63)75-45-41-71(105-75)86(60-21-9-2-10-22-60)72-42-46-76(106-72)90(64-29-17-6-18-30-64)80-50-54-84(92)110-80/h1-54,103,105,108,110H,55-58H2,(H,99,114)(H,100,115)(H4,98,101,102,111,112,113). The van der Waals surface area contributed by atoms with Crippen LogP contribution in [0.15, 0.2) is 279 Å². The Morgan fingerprint density at radius 3 is 0.643 bits per heavy atom. The van der Waals surface area contributed by atoms with Crippen molar-refractivity contribution in [3.8, 4) is 89.0 Å². The van der Waals surface area contributed by atoms with Crippen LogP contribution in [0.2, 0.25) is 0 Å². The van der Waals surface area contributed by atoms with Crippen LogP contribution in [0.25, 0.3) is 182 Å². The van der Waals surface area contributed by atoms with Crippen molar-refractivity contribution in [2.45, 2.75) is 0 Å². The van der Waals surface area contributed by atoms with Gasteiger partial charge in [0, 0.05) is 126 Å². The molecule has 4 aliphatic rings. The molecule has 19 rings (SSSR count). The van der Waals surface area contributed by atoms with Crippen LogP contribution in [0, 0.1) is 0 Å². The summed E-state index contributed by atoms with van der Waals surface area (Å²) in [4.78, 5) is 78.0. The zero-order valence-electron chi connectivity index (χ0n) is 62.0. The summed E-state index contributed by atoms with van der Waals surface area (Å²) in [6.07, 6.45) is 16.7. The van der Waals surface area contributed by atoms with Gasteiger partial charge >= 0.3 is 0 Å². The van der Waals surface area contributed by atoms with Crippen LogP contribution in [0.5, 0.6) is 0 Å². The Bertz CT molecular complexity index is 6310. The number of carbonyl (C=O) groups excluding carboxylic acids is 2. The van der Waals surface area contributed by atoms with E-state index >= 15 is 0 Å². The molecule has 16 bridgehead atoms. The van der Waals surface area contributed by atoms with E-state index in [1.54, 1.807) is 0 Å². The van der Waals surface area contributed by atoms with Gasteiger partial charge in [-0.15, -0.1) is 0 Å². The summed E-state index contributed by atoms with van der Waals surface area (Å²) in [6, 6.07) is 94.1. The molecule has 115 heavy (non-hydrogen) atoms. The third-order valence-corrected chi connectivity index (χ3v) is 20.8. The highest BCUT2D eigenvalue weighted by Crippen LogP contribution is 2.42. The number of nitrogens with two attached hydrogens (primary N) is 1. The van der Waals surface area contributed by atoms with Gasteiger partial charge in [-0.05, 0) is 166 Å². The molecular weight excluding hydrogens is 1420 g/mol. The summed E-state index contributed by atoms with van der Waals surface area (Å²) in [6.45, 7) is 1.02. The van der Waals surface area contributed by atoms with Gasteiger partial charge in [0.2, 0.25) is 17.8 Å². The van der Waals surface area contributed by atoms with Crippen molar-refractivity contribution < 1.29 is 9.59 Å². The minimum atomic E-state index is -0.265. The van der Waals surface area contributed by atoms with Crippen molar-refractivity contribution in [3.63, 3.8) is 0 Å². The highest BCUT2D eigenvalue weighted by molar-refractivity contribution is 6.04. The van der Waals surface area contributed by atoms with Gasteiger partial charge in [-0.1, -0.05) is 206 Å². The molecule has 0 radical (unpaired) electrons. The maximum Gasteiger partial charge on any atom is 0.251 e. The number of nitrogen functional groups attached to an aromatic ring is 1. The Morgan fingerprint density at radius 1 is 0.235 bits per heavy atom. The number of anilines is 3. The van der Waals surface area contributed by atoms with E-state index in [9.17, 15) is 9.59 Å². The van der Waals surface area contributed by atoms with Crippen LogP contribution in [-0.4, -0.2) is 92.8 Å². The van der Waals surface area contributed by atoms with Gasteiger partial charge in [-0.2, -0.15) is 15.0 Å². The second-order valence-electron chi connectivity index (χ2n) is 28.1. The van der Waals surface area contributed by atoms with E-state index in [2.05, 4.69) is 250 Å². The van der Waals surface area contributed by atoms with Gasteiger partial charge in [-0.25, -0.2) is 19.9 Å². The molecule has 0 spiro atoms. The molecule has 11 heterocycles. The zero-order chi connectivity index (χ0) is 77.1. The maximum absolute atomic E-state index is 13.9. The first-order chi connectivity index (χ1) is 56.7. The summed E-state index contributed by atoms with van der Waals surface area (Å²) < 4.78 is 0. The monoisotopic (exact) mass is 1490 g/mol. The van der Waals surface area contributed by atoms with Crippen molar-refractivity contribution >= 4 is 122 Å². The largest absolute Gasteiger partial charge is 0.368 e. The van der Waals surface area contributed by atoms with Crippen LogP contribution < -0.4 is 27.0 Å². The van der Waals surface area contributed by atoms with Gasteiger partial charge in [0.15, 0.2) is 0 Å². The average Bonchev–Trinajstić information content (AvgIpc) is 1.61. The normalized spacial score (nSPS) is 11.9. The minimum absolute atomic E-state index is 0.0107. The maximum atomic E-state index is 13.9. The second-order valence-corrected chi connectivity index (χ2v) is 28.1. The van der Waals surface area contributed by atoms with E-state index in [0.717, 1.165) is 179 Å². The second kappa shape index (κ2) is 30.6. The lowest BCUT2D eigenvalue weighted by Crippen LogP contribution is -2.30. The Balaban J connectivity index is 0.547. The lowest BCUT2D eigenvalue weighted by Gasteiger charge is -2.11. The SMILES string of the molecule is Nc1nc(NCCNC(=O)c2ccc(-c3c4nc(c(-c5ccccc5)c5ccc([nH]5)c(-c5ccccc5)c5nc(c(-c6ccccc6)c6ccc3[nH]6)C=C5)C=C4)cc2)nc(NCCNC(=O)c2ccc(-c3c4nc(c(-c5ccccc5)c5ccc([nH]5)c(-c5ccccc5)c5nc(c(-c6ccccc6)c6ccc3[nH]6)C=C5)C=C4)cc2)n1. The number of fused-ring (bicyclic) bond motifs is 16. The fourth-order valence-corrected chi connectivity index (χ4v) is 15.5. The highest BCUT2D eigenvalue weighted by atomic mass is 16.2. The molecule has 7 aromatic heterocycles. The number of amides is 2. The van der Waals surface area contributed by atoms with Crippen LogP contribution in [-0.2, 0) is 0 Å². The molecule has 8 aromatic carbocycles. The topological polar surface area (TPSA) is 262 Å². The molecule has 4 aliphatic heterocycles. The average molecular weight is 1490 g/mol. The quantitative estimate of drug-likeness (QED) is 0.0363. The number of benzene rings is 8. The van der Waals surface area contributed by atoms with Gasteiger partial charge < -0.3 is 46.9 Å². The third-order valence-electron chi connectivity index (χ3n) is 20.8. The van der Waals surface area contributed by atoms with Gasteiger partial charge in [0.05, 0.1) is 45.6 Å². The molecule has 15 aromatic rings. The predicted octanol–water partition coefficient (Wildman–Crippen LogP) is 20.4. The van der Waals surface area contributed by atoms with Gasteiger partial charge in [0.1, 0.15) is 0 Å². The summed E-state index contributed by atoms with van der Waals surface area (Å²) >= 11 is 0. The first kappa shape index (κ1) is 69.7. The molecule has 10 N–H and O–H groups in total. The van der Waals surface area contributed by atoms with Crippen molar-refractivity contribution in [2.75, 3.05) is 42.5 Å². The van der Waals surface area contributed by atoms with E-state index in [1.165, 1.54) is 0 Å². The van der Waals surface area contributed by atoms with Crippen molar-refractivity contribution in [1.29, 1.82) is 0 Å². The molecule has 0 atom stereocenters. The molecule has 18 nitrogen and oxygen atoms in total. The lowest BCUT2D eigenvalue weighted by molar-refractivity contribution is 0.0947. The van der Waals surface area contributed by atoms with Gasteiger partial charge in [-0.3, -0.25) is 9.59 Å². The lowest BCUT2D eigenvalue weighted by atomic mass is 10.0. The third kappa shape index (κ3) is 14.1. The van der Waals surface area contributed by atoms with Crippen LogP contribution in [0.4, 0.5) is 17.8 Å². The number of hydrogen-bond donors (Lipinski definition) is 9. The molecule has 2 amide bonds.